The van der Waals surface area contributed by atoms with Crippen molar-refractivity contribution in [2.75, 3.05) is 0 Å². The van der Waals surface area contributed by atoms with E-state index in [1.165, 1.54) is 12.0 Å². The molecular formula is C19H26O2. The molecule has 3 saturated carbocycles. The molecule has 2 heteroatoms. The van der Waals surface area contributed by atoms with E-state index in [4.69, 9.17) is 0 Å². The first-order chi connectivity index (χ1) is 9.95. The van der Waals surface area contributed by atoms with Gasteiger partial charge in [-0.25, -0.2) is 0 Å². The van der Waals surface area contributed by atoms with Crippen molar-refractivity contribution in [1.29, 1.82) is 0 Å². The van der Waals surface area contributed by atoms with Crippen LogP contribution < -0.4 is 0 Å². The topological polar surface area (TPSA) is 34.1 Å². The fraction of sp³-hybridized carbons (Fsp3) is 0.789. The second-order valence-corrected chi connectivity index (χ2v) is 8.39. The van der Waals surface area contributed by atoms with Gasteiger partial charge < -0.3 is 0 Å². The Balaban J connectivity index is 1.71. The fourth-order valence-corrected chi connectivity index (χ4v) is 6.25. The summed E-state index contributed by atoms with van der Waals surface area (Å²) < 4.78 is 0. The average molecular weight is 286 g/mol. The Hall–Kier alpha value is -0.920. The number of ketones is 2. The Morgan fingerprint density at radius 1 is 1.00 bits per heavy atom. The quantitative estimate of drug-likeness (QED) is 0.629. The van der Waals surface area contributed by atoms with Gasteiger partial charge >= 0.3 is 0 Å². The van der Waals surface area contributed by atoms with E-state index < -0.39 is 0 Å². The SMILES string of the molecule is CC12CCC(=O)CC1=CCC1C2CC[C@]2(C)C(=O)CCC12. The first-order valence-corrected chi connectivity index (χ1v) is 8.70. The highest BCUT2D eigenvalue weighted by Crippen LogP contribution is 2.63. The largest absolute Gasteiger partial charge is 0.299 e. The fourth-order valence-electron chi connectivity index (χ4n) is 6.25. The lowest BCUT2D eigenvalue weighted by molar-refractivity contribution is -0.132. The van der Waals surface area contributed by atoms with Gasteiger partial charge in [0.1, 0.15) is 11.6 Å². The number of allylic oxidation sites excluding steroid dienone is 2. The minimum Gasteiger partial charge on any atom is -0.299 e. The highest BCUT2D eigenvalue weighted by molar-refractivity contribution is 5.87. The number of Topliss-reactive ketones (excluding diaryl/α,β-unsaturated/α-hetero) is 2. The third-order valence-corrected chi connectivity index (χ3v) is 7.65. The lowest BCUT2D eigenvalue weighted by Gasteiger charge is -2.56. The van der Waals surface area contributed by atoms with Gasteiger partial charge in [-0.2, -0.15) is 0 Å². The molecule has 0 radical (unpaired) electrons. The van der Waals surface area contributed by atoms with E-state index in [2.05, 4.69) is 19.9 Å². The van der Waals surface area contributed by atoms with Gasteiger partial charge in [0.05, 0.1) is 0 Å². The van der Waals surface area contributed by atoms with Gasteiger partial charge in [-0.1, -0.05) is 25.5 Å². The third kappa shape index (κ3) is 1.71. The van der Waals surface area contributed by atoms with Crippen LogP contribution in [0.4, 0.5) is 0 Å². The third-order valence-electron chi connectivity index (χ3n) is 7.65. The summed E-state index contributed by atoms with van der Waals surface area (Å²) in [5.41, 5.74) is 1.63. The van der Waals surface area contributed by atoms with Crippen molar-refractivity contribution >= 4 is 11.6 Å². The summed E-state index contributed by atoms with van der Waals surface area (Å²) in [6.45, 7) is 4.64. The van der Waals surface area contributed by atoms with Crippen molar-refractivity contribution in [2.24, 2.45) is 28.6 Å². The van der Waals surface area contributed by atoms with E-state index in [0.29, 0.717) is 35.7 Å². The number of carbonyl (C=O) groups is 2. The maximum Gasteiger partial charge on any atom is 0.139 e. The van der Waals surface area contributed by atoms with Gasteiger partial charge in [0.2, 0.25) is 0 Å². The molecule has 0 aromatic carbocycles. The molecule has 0 aliphatic heterocycles. The Morgan fingerprint density at radius 3 is 2.57 bits per heavy atom. The van der Waals surface area contributed by atoms with Crippen LogP contribution >= 0.6 is 0 Å². The van der Waals surface area contributed by atoms with Crippen LogP contribution in [0, 0.1) is 28.6 Å². The van der Waals surface area contributed by atoms with Crippen molar-refractivity contribution in [2.45, 2.75) is 65.2 Å². The molecule has 0 spiro atoms. The molecule has 0 bridgehead atoms. The molecular weight excluding hydrogens is 260 g/mol. The summed E-state index contributed by atoms with van der Waals surface area (Å²) in [7, 11) is 0. The lowest BCUT2D eigenvalue weighted by Crippen LogP contribution is -2.50. The van der Waals surface area contributed by atoms with Gasteiger partial charge in [-0.15, -0.1) is 0 Å². The maximum absolute atomic E-state index is 12.4. The molecule has 21 heavy (non-hydrogen) atoms. The average Bonchev–Trinajstić information content (AvgIpc) is 2.76. The number of carbonyl (C=O) groups excluding carboxylic acids is 2. The van der Waals surface area contributed by atoms with Crippen LogP contribution in [0.3, 0.4) is 0 Å². The van der Waals surface area contributed by atoms with Crippen LogP contribution in [0.1, 0.15) is 65.2 Å². The van der Waals surface area contributed by atoms with Crippen molar-refractivity contribution in [3.05, 3.63) is 11.6 Å². The van der Waals surface area contributed by atoms with E-state index in [0.717, 1.165) is 38.5 Å². The molecule has 4 aliphatic carbocycles. The molecule has 0 aromatic rings. The Kier molecular flexibility index (Phi) is 2.81. The minimum absolute atomic E-state index is 0.0344. The molecule has 114 valence electrons. The van der Waals surface area contributed by atoms with Crippen molar-refractivity contribution in [3.8, 4) is 0 Å². The van der Waals surface area contributed by atoms with E-state index in [1.807, 2.05) is 0 Å². The summed E-state index contributed by atoms with van der Waals surface area (Å²) >= 11 is 0. The molecule has 0 heterocycles. The number of hydrogen-bond donors (Lipinski definition) is 0. The van der Waals surface area contributed by atoms with Crippen molar-refractivity contribution < 1.29 is 9.59 Å². The highest BCUT2D eigenvalue weighted by atomic mass is 16.1. The zero-order valence-electron chi connectivity index (χ0n) is 13.3. The monoisotopic (exact) mass is 286 g/mol. The lowest BCUT2D eigenvalue weighted by atomic mass is 9.48. The summed E-state index contributed by atoms with van der Waals surface area (Å²) in [6.07, 6.45) is 10.2. The van der Waals surface area contributed by atoms with Gasteiger partial charge in [-0.05, 0) is 55.3 Å². The Labute approximate surface area is 127 Å². The predicted octanol–water partition coefficient (Wildman–Crippen LogP) is 4.09. The van der Waals surface area contributed by atoms with Crippen LogP contribution in [-0.4, -0.2) is 11.6 Å². The second kappa shape index (κ2) is 4.30. The van der Waals surface area contributed by atoms with Gasteiger partial charge in [0.15, 0.2) is 0 Å². The molecule has 3 fully saturated rings. The van der Waals surface area contributed by atoms with Crippen LogP contribution in [-0.2, 0) is 9.59 Å². The molecule has 0 aromatic heterocycles. The van der Waals surface area contributed by atoms with E-state index in [1.54, 1.807) is 0 Å². The molecule has 4 aliphatic rings. The minimum atomic E-state index is -0.0344. The van der Waals surface area contributed by atoms with Crippen LogP contribution in [0.15, 0.2) is 11.6 Å². The van der Waals surface area contributed by atoms with Gasteiger partial charge in [-0.3, -0.25) is 9.59 Å². The number of fused-ring (bicyclic) bond motifs is 5. The zero-order valence-corrected chi connectivity index (χ0v) is 13.3. The highest BCUT2D eigenvalue weighted by Gasteiger charge is 2.58. The molecule has 0 saturated heterocycles. The molecule has 4 rings (SSSR count). The molecule has 5 atom stereocenters. The van der Waals surface area contributed by atoms with Gasteiger partial charge in [0, 0.05) is 24.7 Å². The van der Waals surface area contributed by atoms with E-state index >= 15 is 0 Å². The summed E-state index contributed by atoms with van der Waals surface area (Å²) in [6, 6.07) is 0. The molecule has 0 N–H and O–H groups in total. The molecule has 2 nitrogen and oxygen atoms in total. The molecule has 0 amide bonds. The first-order valence-electron chi connectivity index (χ1n) is 8.70. The van der Waals surface area contributed by atoms with Crippen LogP contribution in [0.5, 0.6) is 0 Å². The molecule has 4 unspecified atom stereocenters. The normalized spacial score (nSPS) is 49.2. The van der Waals surface area contributed by atoms with Crippen molar-refractivity contribution in [1.82, 2.24) is 0 Å². The first kappa shape index (κ1) is 13.7. The second-order valence-electron chi connectivity index (χ2n) is 8.39. The maximum atomic E-state index is 12.4. The van der Waals surface area contributed by atoms with Crippen LogP contribution in [0.25, 0.3) is 0 Å². The van der Waals surface area contributed by atoms with Gasteiger partial charge in [0.25, 0.3) is 0 Å². The summed E-state index contributed by atoms with van der Waals surface area (Å²) in [5.74, 6) is 2.92. The summed E-state index contributed by atoms with van der Waals surface area (Å²) in [5, 5.41) is 0. The van der Waals surface area contributed by atoms with Crippen LogP contribution in [0.2, 0.25) is 0 Å². The van der Waals surface area contributed by atoms with Crippen molar-refractivity contribution in [3.63, 3.8) is 0 Å². The standard InChI is InChI=1S/C19H26O2/c1-18-9-7-13(20)11-12(18)3-4-14-15-5-6-17(21)19(15,2)10-8-16(14)18/h3,14-16H,4-11H2,1-2H3/t14?,15?,16?,18?,19-/m0/s1. The van der Waals surface area contributed by atoms with E-state index in [-0.39, 0.29) is 10.8 Å². The Morgan fingerprint density at radius 2 is 1.76 bits per heavy atom. The number of rotatable bonds is 0. The Bertz CT molecular complexity index is 546. The smallest absolute Gasteiger partial charge is 0.139 e. The zero-order chi connectivity index (χ0) is 14.8. The predicted molar refractivity (Wildman–Crippen MR) is 81.7 cm³/mol. The number of hydrogen-bond acceptors (Lipinski definition) is 2. The van der Waals surface area contributed by atoms with E-state index in [9.17, 15) is 9.59 Å². The summed E-state index contributed by atoms with van der Waals surface area (Å²) in [4.78, 5) is 24.2.